The maximum atomic E-state index is 6.08. The number of pyridine rings is 1. The molecule has 0 aliphatic rings. The Bertz CT molecular complexity index is 955. The molecule has 0 atom stereocenters. The minimum absolute atomic E-state index is 0.739. The molecule has 2 aromatic heterocycles. The number of aromatic amines is 1. The van der Waals surface area contributed by atoms with Crippen LogP contribution in [0.3, 0.4) is 0 Å². The van der Waals surface area contributed by atoms with Gasteiger partial charge in [-0.3, -0.25) is 4.98 Å². The van der Waals surface area contributed by atoms with Gasteiger partial charge in [-0.2, -0.15) is 0 Å². The van der Waals surface area contributed by atoms with Crippen molar-refractivity contribution in [2.75, 3.05) is 0 Å². The molecule has 0 spiro atoms. The van der Waals surface area contributed by atoms with Crippen molar-refractivity contribution in [1.29, 1.82) is 0 Å². The highest BCUT2D eigenvalue weighted by Crippen LogP contribution is 2.31. The van der Waals surface area contributed by atoms with Gasteiger partial charge in [0.15, 0.2) is 0 Å². The topological polar surface area (TPSA) is 28.7 Å². The second-order valence-corrected chi connectivity index (χ2v) is 5.63. The van der Waals surface area contributed by atoms with Gasteiger partial charge in [-0.1, -0.05) is 48.0 Å². The predicted molar refractivity (Wildman–Crippen MR) is 88.8 cm³/mol. The van der Waals surface area contributed by atoms with Crippen LogP contribution in [-0.2, 0) is 0 Å². The number of fused-ring (bicyclic) bond motifs is 3. The van der Waals surface area contributed by atoms with Gasteiger partial charge in [0, 0.05) is 26.9 Å². The van der Waals surface area contributed by atoms with Gasteiger partial charge in [0.05, 0.1) is 16.9 Å². The summed E-state index contributed by atoms with van der Waals surface area (Å²) in [5, 5.41) is 3.10. The molecule has 2 nitrogen and oxygen atoms in total. The zero-order chi connectivity index (χ0) is 14.4. The van der Waals surface area contributed by atoms with Gasteiger partial charge in [0.2, 0.25) is 0 Å². The maximum absolute atomic E-state index is 6.08. The summed E-state index contributed by atoms with van der Waals surface area (Å²) in [6.45, 7) is 2.03. The number of halogens is 1. The van der Waals surface area contributed by atoms with Gasteiger partial charge in [0.1, 0.15) is 0 Å². The Morgan fingerprint density at radius 1 is 0.952 bits per heavy atom. The van der Waals surface area contributed by atoms with E-state index in [4.69, 9.17) is 16.6 Å². The van der Waals surface area contributed by atoms with E-state index >= 15 is 0 Å². The molecule has 0 unspecified atom stereocenters. The molecule has 2 aromatic carbocycles. The lowest BCUT2D eigenvalue weighted by molar-refractivity contribution is 1.22. The fourth-order valence-electron chi connectivity index (χ4n) is 2.79. The normalized spacial score (nSPS) is 11.3. The van der Waals surface area contributed by atoms with E-state index in [9.17, 15) is 0 Å². The molecule has 0 saturated heterocycles. The lowest BCUT2D eigenvalue weighted by Crippen LogP contribution is -1.88. The van der Waals surface area contributed by atoms with Gasteiger partial charge in [-0.25, -0.2) is 0 Å². The summed E-state index contributed by atoms with van der Waals surface area (Å²) in [5.41, 5.74) is 5.25. The molecule has 21 heavy (non-hydrogen) atoms. The number of hydrogen-bond acceptors (Lipinski definition) is 1. The zero-order valence-electron chi connectivity index (χ0n) is 11.5. The lowest BCUT2D eigenvalue weighted by atomic mass is 10.1. The summed E-state index contributed by atoms with van der Waals surface area (Å²) >= 11 is 6.08. The van der Waals surface area contributed by atoms with E-state index in [1.54, 1.807) is 0 Å². The molecule has 0 saturated carbocycles. The summed E-state index contributed by atoms with van der Waals surface area (Å²) in [7, 11) is 0. The van der Waals surface area contributed by atoms with Crippen LogP contribution >= 0.6 is 11.6 Å². The summed E-state index contributed by atoms with van der Waals surface area (Å²) in [6, 6.07) is 18.3. The van der Waals surface area contributed by atoms with E-state index in [0.29, 0.717) is 0 Å². The average molecular weight is 293 g/mol. The Kier molecular flexibility index (Phi) is 2.72. The second-order valence-electron chi connectivity index (χ2n) is 5.20. The van der Waals surface area contributed by atoms with E-state index in [0.717, 1.165) is 33.0 Å². The van der Waals surface area contributed by atoms with Gasteiger partial charge in [-0.15, -0.1) is 0 Å². The first-order valence-corrected chi connectivity index (χ1v) is 7.24. The minimum atomic E-state index is 0.739. The second kappa shape index (κ2) is 4.61. The highest BCUT2D eigenvalue weighted by atomic mass is 35.5. The van der Waals surface area contributed by atoms with Crippen LogP contribution in [0.15, 0.2) is 54.6 Å². The van der Waals surface area contributed by atoms with Crippen LogP contribution in [0.25, 0.3) is 33.1 Å². The van der Waals surface area contributed by atoms with Gasteiger partial charge in [-0.05, 0) is 25.1 Å². The van der Waals surface area contributed by atoms with Crippen LogP contribution in [0.2, 0.25) is 5.02 Å². The molecule has 4 rings (SSSR count). The highest BCUT2D eigenvalue weighted by molar-refractivity contribution is 6.31. The third kappa shape index (κ3) is 1.99. The standard InChI is InChI=1S/C18H13ClN2/c1-11-18-15(14-8-7-13(19)9-17(14)21-18)10-16(20-11)12-5-3-2-4-6-12/h2-10,21H,1H3. The SMILES string of the molecule is Cc1nc(-c2ccccc2)cc2c1[nH]c1cc(Cl)ccc12. The average Bonchev–Trinajstić information content (AvgIpc) is 2.86. The Hall–Kier alpha value is -2.32. The van der Waals surface area contributed by atoms with Crippen molar-refractivity contribution in [3.05, 3.63) is 65.3 Å². The molecule has 1 N–H and O–H groups in total. The van der Waals surface area contributed by atoms with E-state index in [-0.39, 0.29) is 0 Å². The van der Waals surface area contributed by atoms with Crippen LogP contribution in [-0.4, -0.2) is 9.97 Å². The number of rotatable bonds is 1. The van der Waals surface area contributed by atoms with Crippen molar-refractivity contribution in [1.82, 2.24) is 9.97 Å². The van der Waals surface area contributed by atoms with E-state index in [1.807, 2.05) is 37.3 Å². The fourth-order valence-corrected chi connectivity index (χ4v) is 2.96. The van der Waals surface area contributed by atoms with E-state index in [2.05, 4.69) is 29.2 Å². The summed E-state index contributed by atoms with van der Waals surface area (Å²) in [5.74, 6) is 0. The summed E-state index contributed by atoms with van der Waals surface area (Å²) in [6.07, 6.45) is 0. The molecule has 0 aliphatic heterocycles. The number of aromatic nitrogens is 2. The number of benzene rings is 2. The molecule has 0 amide bonds. The van der Waals surface area contributed by atoms with E-state index in [1.165, 1.54) is 10.8 Å². The Labute approximate surface area is 127 Å². The fraction of sp³-hybridized carbons (Fsp3) is 0.0556. The number of H-pyrrole nitrogens is 1. The van der Waals surface area contributed by atoms with Gasteiger partial charge < -0.3 is 4.98 Å². The molecule has 3 heteroatoms. The van der Waals surface area contributed by atoms with Crippen LogP contribution in [0.4, 0.5) is 0 Å². The lowest BCUT2D eigenvalue weighted by Gasteiger charge is -2.04. The van der Waals surface area contributed by atoms with Crippen molar-refractivity contribution < 1.29 is 0 Å². The highest BCUT2D eigenvalue weighted by Gasteiger charge is 2.10. The van der Waals surface area contributed by atoms with Crippen molar-refractivity contribution >= 4 is 33.4 Å². The molecule has 0 radical (unpaired) electrons. The molecule has 0 fully saturated rings. The first-order chi connectivity index (χ1) is 10.2. The Balaban J connectivity index is 2.07. The Morgan fingerprint density at radius 3 is 2.57 bits per heavy atom. The van der Waals surface area contributed by atoms with Crippen LogP contribution in [0.5, 0.6) is 0 Å². The smallest absolute Gasteiger partial charge is 0.0713 e. The monoisotopic (exact) mass is 292 g/mol. The maximum Gasteiger partial charge on any atom is 0.0713 e. The number of nitrogens with one attached hydrogen (secondary N) is 1. The Morgan fingerprint density at radius 2 is 1.76 bits per heavy atom. The minimum Gasteiger partial charge on any atom is -0.353 e. The first-order valence-electron chi connectivity index (χ1n) is 6.86. The van der Waals surface area contributed by atoms with Crippen molar-refractivity contribution in [3.8, 4) is 11.3 Å². The van der Waals surface area contributed by atoms with Crippen LogP contribution in [0.1, 0.15) is 5.69 Å². The molecule has 0 aliphatic carbocycles. The predicted octanol–water partition coefficient (Wildman–Crippen LogP) is 5.34. The summed E-state index contributed by atoms with van der Waals surface area (Å²) < 4.78 is 0. The van der Waals surface area contributed by atoms with Crippen molar-refractivity contribution in [2.24, 2.45) is 0 Å². The quantitative estimate of drug-likeness (QED) is 0.503. The third-order valence-corrected chi connectivity index (χ3v) is 4.04. The molecule has 0 bridgehead atoms. The van der Waals surface area contributed by atoms with Crippen LogP contribution < -0.4 is 0 Å². The molecular weight excluding hydrogens is 280 g/mol. The largest absolute Gasteiger partial charge is 0.353 e. The molecule has 2 heterocycles. The van der Waals surface area contributed by atoms with Crippen LogP contribution in [0, 0.1) is 6.92 Å². The van der Waals surface area contributed by atoms with Crippen molar-refractivity contribution in [3.63, 3.8) is 0 Å². The third-order valence-electron chi connectivity index (χ3n) is 3.80. The zero-order valence-corrected chi connectivity index (χ0v) is 12.3. The number of hydrogen-bond donors (Lipinski definition) is 1. The molecule has 102 valence electrons. The molecular formula is C18H13ClN2. The molecule has 4 aromatic rings. The number of nitrogens with zero attached hydrogens (tertiary/aromatic N) is 1. The van der Waals surface area contributed by atoms with Crippen molar-refractivity contribution in [2.45, 2.75) is 6.92 Å². The number of aryl methyl sites for hydroxylation is 1. The van der Waals surface area contributed by atoms with Gasteiger partial charge in [0.25, 0.3) is 0 Å². The van der Waals surface area contributed by atoms with E-state index < -0.39 is 0 Å². The summed E-state index contributed by atoms with van der Waals surface area (Å²) in [4.78, 5) is 8.14. The first kappa shape index (κ1) is 12.4. The van der Waals surface area contributed by atoms with Gasteiger partial charge >= 0.3 is 0 Å².